The second-order valence-electron chi connectivity index (χ2n) is 2.77. The highest BCUT2D eigenvalue weighted by Gasteiger charge is 2.15. The number of hydrogen-bond donors (Lipinski definition) is 1. The van der Waals surface area contributed by atoms with Gasteiger partial charge in [0.15, 0.2) is 5.17 Å². The van der Waals surface area contributed by atoms with Gasteiger partial charge in [-0.1, -0.05) is 17.8 Å². The number of carbonyl (C=O) groups excluding carboxylic acids is 1. The number of rotatable bonds is 2. The molecule has 1 aliphatic heterocycles. The Bertz CT molecular complexity index is 415. The van der Waals surface area contributed by atoms with Crippen molar-refractivity contribution in [2.24, 2.45) is 10.2 Å². The summed E-state index contributed by atoms with van der Waals surface area (Å²) in [6.07, 6.45) is 4.96. The van der Waals surface area contributed by atoms with Crippen molar-refractivity contribution in [3.05, 3.63) is 30.1 Å². The van der Waals surface area contributed by atoms with Crippen LogP contribution in [0.25, 0.3) is 0 Å². The number of thioether (sulfide) groups is 1. The highest BCUT2D eigenvalue weighted by atomic mass is 32.2. The van der Waals surface area contributed by atoms with E-state index in [4.69, 9.17) is 0 Å². The van der Waals surface area contributed by atoms with E-state index < -0.39 is 0 Å². The second-order valence-corrected chi connectivity index (χ2v) is 3.74. The zero-order valence-electron chi connectivity index (χ0n) is 7.75. The van der Waals surface area contributed by atoms with Gasteiger partial charge in [0.2, 0.25) is 5.91 Å². The summed E-state index contributed by atoms with van der Waals surface area (Å²) in [5, 5.41) is 10.8. The Labute approximate surface area is 90.7 Å². The van der Waals surface area contributed by atoms with Crippen molar-refractivity contribution >= 4 is 29.1 Å². The molecule has 2 heterocycles. The maximum absolute atomic E-state index is 10.8. The summed E-state index contributed by atoms with van der Waals surface area (Å²) in [5.41, 5.74) is 0.871. The maximum Gasteiger partial charge on any atom is 0.236 e. The monoisotopic (exact) mass is 220 g/mol. The molecule has 15 heavy (non-hydrogen) atoms. The summed E-state index contributed by atoms with van der Waals surface area (Å²) in [4.78, 5) is 14.7. The first-order valence-corrected chi connectivity index (χ1v) is 5.27. The molecule has 76 valence electrons. The Balaban J connectivity index is 1.98. The molecule has 1 aromatic heterocycles. The lowest BCUT2D eigenvalue weighted by Gasteiger charge is -1.90. The molecule has 0 unspecified atom stereocenters. The Hall–Kier alpha value is -1.69. The summed E-state index contributed by atoms with van der Waals surface area (Å²) < 4.78 is 0. The van der Waals surface area contributed by atoms with Crippen LogP contribution in [0.4, 0.5) is 0 Å². The Kier molecular flexibility index (Phi) is 3.08. The van der Waals surface area contributed by atoms with Crippen LogP contribution in [0.5, 0.6) is 0 Å². The summed E-state index contributed by atoms with van der Waals surface area (Å²) in [5.74, 6) is 0.386. The van der Waals surface area contributed by atoms with E-state index in [1.807, 2.05) is 12.1 Å². The smallest absolute Gasteiger partial charge is 0.236 e. The largest absolute Gasteiger partial charge is 0.303 e. The van der Waals surface area contributed by atoms with Crippen molar-refractivity contribution < 1.29 is 4.79 Å². The Morgan fingerprint density at radius 1 is 1.60 bits per heavy atom. The quantitative estimate of drug-likeness (QED) is 0.587. The molecule has 0 bridgehead atoms. The van der Waals surface area contributed by atoms with Gasteiger partial charge in [-0.2, -0.15) is 5.10 Å². The summed E-state index contributed by atoms with van der Waals surface area (Å²) in [6.45, 7) is 0. The number of carbonyl (C=O) groups is 1. The number of nitrogens with zero attached hydrogens (tertiary/aromatic N) is 3. The minimum absolute atomic E-state index is 0.0321. The molecule has 6 heteroatoms. The van der Waals surface area contributed by atoms with Crippen LogP contribution in [0.15, 0.2) is 34.7 Å². The van der Waals surface area contributed by atoms with Crippen LogP contribution in [0.2, 0.25) is 0 Å². The number of amides is 1. The number of aromatic nitrogens is 1. The molecular formula is C9H8N4OS. The van der Waals surface area contributed by atoms with Crippen LogP contribution >= 0.6 is 11.8 Å². The van der Waals surface area contributed by atoms with E-state index in [2.05, 4.69) is 20.5 Å². The van der Waals surface area contributed by atoms with Crippen molar-refractivity contribution in [1.29, 1.82) is 0 Å². The fourth-order valence-corrected chi connectivity index (χ4v) is 1.61. The standard InChI is InChI=1S/C9H8N4OS/c14-8-6-15-9(12-8)13-11-5-7-2-1-3-10-4-7/h1-5H,6H2,(H,12,13,14)/b11-5+. The molecule has 0 saturated carbocycles. The number of nitrogens with one attached hydrogen (secondary N) is 1. The molecule has 0 radical (unpaired) electrons. The van der Waals surface area contributed by atoms with Gasteiger partial charge in [0, 0.05) is 18.0 Å². The molecule has 0 spiro atoms. The van der Waals surface area contributed by atoms with Gasteiger partial charge < -0.3 is 5.32 Å². The van der Waals surface area contributed by atoms with E-state index in [1.165, 1.54) is 11.8 Å². The number of amidine groups is 1. The molecular weight excluding hydrogens is 212 g/mol. The zero-order valence-corrected chi connectivity index (χ0v) is 8.57. The van der Waals surface area contributed by atoms with Crippen LogP contribution in [-0.2, 0) is 4.79 Å². The van der Waals surface area contributed by atoms with E-state index in [-0.39, 0.29) is 5.91 Å². The number of pyridine rings is 1. The predicted octanol–water partition coefficient (Wildman–Crippen LogP) is 0.635. The molecule has 2 rings (SSSR count). The Morgan fingerprint density at radius 3 is 3.20 bits per heavy atom. The molecule has 1 amide bonds. The third-order valence-corrected chi connectivity index (χ3v) is 2.49. The Morgan fingerprint density at radius 2 is 2.53 bits per heavy atom. The van der Waals surface area contributed by atoms with E-state index in [0.717, 1.165) is 5.56 Å². The topological polar surface area (TPSA) is 66.7 Å². The van der Waals surface area contributed by atoms with Crippen LogP contribution in [-0.4, -0.2) is 28.0 Å². The second kappa shape index (κ2) is 4.70. The predicted molar refractivity (Wildman–Crippen MR) is 59.9 cm³/mol. The third kappa shape index (κ3) is 2.88. The highest BCUT2D eigenvalue weighted by Crippen LogP contribution is 2.08. The fraction of sp³-hybridized carbons (Fsp3) is 0.111. The minimum Gasteiger partial charge on any atom is -0.303 e. The first-order chi connectivity index (χ1) is 7.34. The van der Waals surface area contributed by atoms with E-state index in [9.17, 15) is 4.79 Å². The molecule has 1 N–H and O–H groups in total. The zero-order chi connectivity index (χ0) is 10.5. The van der Waals surface area contributed by atoms with Crippen molar-refractivity contribution in [3.63, 3.8) is 0 Å². The van der Waals surface area contributed by atoms with E-state index in [1.54, 1.807) is 18.6 Å². The molecule has 1 aliphatic rings. The third-order valence-electron chi connectivity index (χ3n) is 1.63. The van der Waals surface area contributed by atoms with E-state index >= 15 is 0 Å². The molecule has 1 aromatic rings. The fourth-order valence-electron chi connectivity index (χ4n) is 0.980. The van der Waals surface area contributed by atoms with Gasteiger partial charge >= 0.3 is 0 Å². The molecule has 0 atom stereocenters. The number of hydrogen-bond acceptors (Lipinski definition) is 5. The lowest BCUT2D eigenvalue weighted by atomic mass is 10.3. The van der Waals surface area contributed by atoms with E-state index in [0.29, 0.717) is 10.9 Å². The first kappa shape index (κ1) is 9.85. The SMILES string of the molecule is O=C1CS/C(=N/N=C/c2cccnc2)N1. The first-order valence-electron chi connectivity index (χ1n) is 4.28. The summed E-state index contributed by atoms with van der Waals surface area (Å²) >= 11 is 1.35. The lowest BCUT2D eigenvalue weighted by Crippen LogP contribution is -2.19. The van der Waals surface area contributed by atoms with Crippen LogP contribution in [0.1, 0.15) is 5.56 Å². The molecule has 0 aliphatic carbocycles. The average molecular weight is 220 g/mol. The van der Waals surface area contributed by atoms with Crippen LogP contribution < -0.4 is 5.32 Å². The average Bonchev–Trinajstić information content (AvgIpc) is 2.66. The van der Waals surface area contributed by atoms with Crippen molar-refractivity contribution in [2.45, 2.75) is 0 Å². The lowest BCUT2D eigenvalue weighted by molar-refractivity contribution is -0.116. The van der Waals surface area contributed by atoms with Crippen molar-refractivity contribution in [2.75, 3.05) is 5.75 Å². The minimum atomic E-state index is -0.0321. The highest BCUT2D eigenvalue weighted by molar-refractivity contribution is 8.15. The molecule has 1 saturated heterocycles. The van der Waals surface area contributed by atoms with Crippen molar-refractivity contribution in [1.82, 2.24) is 10.3 Å². The van der Waals surface area contributed by atoms with Crippen LogP contribution in [0, 0.1) is 0 Å². The van der Waals surface area contributed by atoms with Crippen molar-refractivity contribution in [3.8, 4) is 0 Å². The van der Waals surface area contributed by atoms with Gasteiger partial charge in [0.25, 0.3) is 0 Å². The van der Waals surface area contributed by atoms with Gasteiger partial charge in [-0.25, -0.2) is 0 Å². The van der Waals surface area contributed by atoms with Gasteiger partial charge in [-0.15, -0.1) is 5.10 Å². The normalized spacial score (nSPS) is 18.7. The van der Waals surface area contributed by atoms with Gasteiger partial charge in [0.05, 0.1) is 12.0 Å². The maximum atomic E-state index is 10.8. The van der Waals surface area contributed by atoms with Gasteiger partial charge in [0.1, 0.15) is 0 Å². The van der Waals surface area contributed by atoms with Gasteiger partial charge in [-0.05, 0) is 6.07 Å². The van der Waals surface area contributed by atoms with Crippen LogP contribution in [0.3, 0.4) is 0 Å². The molecule has 5 nitrogen and oxygen atoms in total. The van der Waals surface area contributed by atoms with Gasteiger partial charge in [-0.3, -0.25) is 9.78 Å². The summed E-state index contributed by atoms with van der Waals surface area (Å²) in [7, 11) is 0. The summed E-state index contributed by atoms with van der Waals surface area (Å²) in [6, 6.07) is 3.69. The molecule has 0 aromatic carbocycles. The molecule has 1 fully saturated rings.